The quantitative estimate of drug-likeness (QED) is 0.810. The molecule has 0 aromatic heterocycles. The Morgan fingerprint density at radius 3 is 2.43 bits per heavy atom. The lowest BCUT2D eigenvalue weighted by atomic mass is 10.1. The Labute approximate surface area is 128 Å². The molecular weight excluding hydrogens is 260 g/mol. The first-order valence-corrected chi connectivity index (χ1v) is 8.55. The number of piperidine rings is 1. The summed E-state index contributed by atoms with van der Waals surface area (Å²) >= 11 is 0. The van der Waals surface area contributed by atoms with E-state index in [4.69, 9.17) is 5.11 Å². The number of anilines is 1. The molecule has 1 aromatic rings. The first-order valence-electron chi connectivity index (χ1n) is 8.55. The average Bonchev–Trinajstić information content (AvgIpc) is 3.38. The Balaban J connectivity index is 1.51. The third kappa shape index (κ3) is 4.21. The van der Waals surface area contributed by atoms with E-state index in [-0.39, 0.29) is 0 Å². The minimum atomic E-state index is 0.294. The van der Waals surface area contributed by atoms with Gasteiger partial charge < -0.3 is 15.3 Å². The number of aliphatic hydroxyl groups is 1. The normalized spacial score (nSPS) is 20.5. The van der Waals surface area contributed by atoms with E-state index >= 15 is 0 Å². The molecule has 0 spiro atoms. The minimum Gasteiger partial charge on any atom is -0.396 e. The van der Waals surface area contributed by atoms with E-state index in [9.17, 15) is 0 Å². The van der Waals surface area contributed by atoms with Crippen LogP contribution in [0.1, 0.15) is 44.1 Å². The van der Waals surface area contributed by atoms with Crippen LogP contribution in [0.2, 0.25) is 0 Å². The van der Waals surface area contributed by atoms with Gasteiger partial charge in [0.2, 0.25) is 0 Å². The number of hydrogen-bond acceptors (Lipinski definition) is 3. The van der Waals surface area contributed by atoms with Gasteiger partial charge >= 0.3 is 0 Å². The molecule has 0 bridgehead atoms. The van der Waals surface area contributed by atoms with Crippen LogP contribution in [0.4, 0.5) is 5.69 Å². The van der Waals surface area contributed by atoms with Crippen LogP contribution in [0.25, 0.3) is 0 Å². The molecule has 2 N–H and O–H groups in total. The molecule has 116 valence electrons. The van der Waals surface area contributed by atoms with Gasteiger partial charge in [0, 0.05) is 38.0 Å². The Morgan fingerprint density at radius 1 is 1.10 bits per heavy atom. The monoisotopic (exact) mass is 288 g/mol. The molecule has 0 amide bonds. The van der Waals surface area contributed by atoms with Crippen LogP contribution in [0, 0.1) is 5.92 Å². The number of nitrogens with zero attached hydrogens (tertiary/aromatic N) is 1. The summed E-state index contributed by atoms with van der Waals surface area (Å²) in [5, 5.41) is 12.8. The summed E-state index contributed by atoms with van der Waals surface area (Å²) in [6.07, 6.45) is 7.57. The predicted molar refractivity (Wildman–Crippen MR) is 87.6 cm³/mol. The Hall–Kier alpha value is -1.06. The van der Waals surface area contributed by atoms with Gasteiger partial charge in [-0.3, -0.25) is 0 Å². The summed E-state index contributed by atoms with van der Waals surface area (Å²) < 4.78 is 0. The number of rotatable bonds is 7. The van der Waals surface area contributed by atoms with Crippen molar-refractivity contribution < 1.29 is 5.11 Å². The van der Waals surface area contributed by atoms with Crippen LogP contribution >= 0.6 is 0 Å². The Kier molecular flexibility index (Phi) is 5.15. The van der Waals surface area contributed by atoms with Gasteiger partial charge in [0.15, 0.2) is 0 Å². The van der Waals surface area contributed by atoms with Crippen LogP contribution in [0.3, 0.4) is 0 Å². The van der Waals surface area contributed by atoms with E-state index in [0.29, 0.717) is 12.6 Å². The number of benzene rings is 1. The summed E-state index contributed by atoms with van der Waals surface area (Å²) in [6, 6.07) is 9.53. The van der Waals surface area contributed by atoms with Crippen LogP contribution in [0.5, 0.6) is 0 Å². The fraction of sp³-hybridized carbons (Fsp3) is 0.667. The summed E-state index contributed by atoms with van der Waals surface area (Å²) in [7, 11) is 0. The maximum absolute atomic E-state index is 9.15. The molecule has 3 rings (SSSR count). The maximum atomic E-state index is 9.15. The van der Waals surface area contributed by atoms with Crippen LogP contribution < -0.4 is 10.2 Å². The van der Waals surface area contributed by atoms with Crippen molar-refractivity contribution in [3.05, 3.63) is 29.8 Å². The summed E-state index contributed by atoms with van der Waals surface area (Å²) in [6.45, 7) is 3.62. The zero-order chi connectivity index (χ0) is 14.5. The molecule has 1 atom stereocenters. The lowest BCUT2D eigenvalue weighted by Crippen LogP contribution is -2.31. The molecule has 1 aromatic carbocycles. The second-order valence-corrected chi connectivity index (χ2v) is 6.55. The van der Waals surface area contributed by atoms with Crippen molar-refractivity contribution in [3.63, 3.8) is 0 Å². The Morgan fingerprint density at radius 2 is 1.81 bits per heavy atom. The van der Waals surface area contributed by atoms with Crippen LogP contribution in [-0.2, 0) is 6.54 Å². The van der Waals surface area contributed by atoms with Gasteiger partial charge in [0.1, 0.15) is 0 Å². The molecule has 2 fully saturated rings. The Bertz CT molecular complexity index is 421. The third-order valence-corrected chi connectivity index (χ3v) is 4.86. The van der Waals surface area contributed by atoms with Gasteiger partial charge in [-0.05, 0) is 62.1 Å². The average molecular weight is 288 g/mol. The highest BCUT2D eigenvalue weighted by Crippen LogP contribution is 2.34. The van der Waals surface area contributed by atoms with E-state index < -0.39 is 0 Å². The SMILES string of the molecule is OCCC(NCc1ccc(N2CCCCC2)cc1)C1CC1. The van der Waals surface area contributed by atoms with Crippen molar-refractivity contribution >= 4 is 5.69 Å². The van der Waals surface area contributed by atoms with Crippen molar-refractivity contribution in [1.82, 2.24) is 5.32 Å². The predicted octanol–water partition coefficient (Wildman–Crippen LogP) is 2.93. The highest BCUT2D eigenvalue weighted by atomic mass is 16.3. The van der Waals surface area contributed by atoms with Crippen molar-refractivity contribution in [2.24, 2.45) is 5.92 Å². The van der Waals surface area contributed by atoms with Crippen molar-refractivity contribution in [1.29, 1.82) is 0 Å². The zero-order valence-corrected chi connectivity index (χ0v) is 12.9. The van der Waals surface area contributed by atoms with E-state index in [1.807, 2.05) is 0 Å². The van der Waals surface area contributed by atoms with Crippen LogP contribution in [0.15, 0.2) is 24.3 Å². The number of nitrogens with one attached hydrogen (secondary N) is 1. The minimum absolute atomic E-state index is 0.294. The van der Waals surface area contributed by atoms with E-state index in [2.05, 4.69) is 34.5 Å². The topological polar surface area (TPSA) is 35.5 Å². The van der Waals surface area contributed by atoms with Crippen molar-refractivity contribution in [2.45, 2.75) is 51.1 Å². The van der Waals surface area contributed by atoms with E-state index in [1.54, 1.807) is 0 Å². The first kappa shape index (κ1) is 14.9. The molecule has 3 heteroatoms. The van der Waals surface area contributed by atoms with Gasteiger partial charge in [-0.25, -0.2) is 0 Å². The molecule has 1 unspecified atom stereocenters. The fourth-order valence-corrected chi connectivity index (χ4v) is 3.37. The largest absolute Gasteiger partial charge is 0.396 e. The maximum Gasteiger partial charge on any atom is 0.0445 e. The van der Waals surface area contributed by atoms with Gasteiger partial charge in [-0.15, -0.1) is 0 Å². The molecule has 1 aliphatic heterocycles. The number of hydrogen-bond donors (Lipinski definition) is 2. The third-order valence-electron chi connectivity index (χ3n) is 4.86. The van der Waals surface area contributed by atoms with Gasteiger partial charge in [0.05, 0.1) is 0 Å². The molecule has 1 heterocycles. The smallest absolute Gasteiger partial charge is 0.0445 e. The van der Waals surface area contributed by atoms with Gasteiger partial charge in [0.25, 0.3) is 0 Å². The van der Waals surface area contributed by atoms with Gasteiger partial charge in [-0.2, -0.15) is 0 Å². The first-order chi connectivity index (χ1) is 10.4. The van der Waals surface area contributed by atoms with Gasteiger partial charge in [-0.1, -0.05) is 12.1 Å². The second-order valence-electron chi connectivity index (χ2n) is 6.55. The molecule has 2 aliphatic rings. The molecule has 21 heavy (non-hydrogen) atoms. The fourth-order valence-electron chi connectivity index (χ4n) is 3.37. The molecule has 3 nitrogen and oxygen atoms in total. The van der Waals surface area contributed by atoms with Crippen molar-refractivity contribution in [2.75, 3.05) is 24.6 Å². The summed E-state index contributed by atoms with van der Waals surface area (Å²) in [5.41, 5.74) is 2.71. The summed E-state index contributed by atoms with van der Waals surface area (Å²) in [5.74, 6) is 0.796. The lowest BCUT2D eigenvalue weighted by Gasteiger charge is -2.29. The standard InChI is InChI=1S/C18H28N2O/c21-13-10-18(16-6-7-16)19-14-15-4-8-17(9-5-15)20-11-2-1-3-12-20/h4-5,8-9,16,18-19,21H,1-3,6-7,10-14H2. The molecule has 1 saturated carbocycles. The van der Waals surface area contributed by atoms with E-state index in [0.717, 1.165) is 18.9 Å². The second kappa shape index (κ2) is 7.28. The van der Waals surface area contributed by atoms with Crippen molar-refractivity contribution in [3.8, 4) is 0 Å². The summed E-state index contributed by atoms with van der Waals surface area (Å²) in [4.78, 5) is 2.50. The molecule has 1 saturated heterocycles. The van der Waals surface area contributed by atoms with E-state index in [1.165, 1.54) is 56.4 Å². The number of aliphatic hydroxyl groups excluding tert-OH is 1. The highest BCUT2D eigenvalue weighted by molar-refractivity contribution is 5.47. The molecular formula is C18H28N2O. The van der Waals surface area contributed by atoms with Crippen LogP contribution in [-0.4, -0.2) is 30.8 Å². The highest BCUT2D eigenvalue weighted by Gasteiger charge is 2.30. The zero-order valence-electron chi connectivity index (χ0n) is 12.9. The lowest BCUT2D eigenvalue weighted by molar-refractivity contribution is 0.256. The molecule has 0 radical (unpaired) electrons. The molecule has 1 aliphatic carbocycles.